The van der Waals surface area contributed by atoms with Crippen molar-refractivity contribution in [2.75, 3.05) is 26.8 Å². The van der Waals surface area contributed by atoms with Crippen LogP contribution in [0.5, 0.6) is 11.5 Å². The van der Waals surface area contributed by atoms with Gasteiger partial charge in [-0.05, 0) is 56.2 Å². The first-order valence-corrected chi connectivity index (χ1v) is 8.96. The Balaban J connectivity index is 1.56. The van der Waals surface area contributed by atoms with Crippen molar-refractivity contribution in [2.45, 2.75) is 49.7 Å². The fourth-order valence-electron chi connectivity index (χ4n) is 5.23. The van der Waals surface area contributed by atoms with Crippen molar-refractivity contribution in [2.24, 2.45) is 5.92 Å². The minimum atomic E-state index is 0.0421. The van der Waals surface area contributed by atoms with E-state index in [9.17, 15) is 5.11 Å². The van der Waals surface area contributed by atoms with E-state index in [1.165, 1.54) is 30.5 Å². The summed E-state index contributed by atoms with van der Waals surface area (Å²) in [6.45, 7) is 3.03. The number of likely N-dealkylation sites (tertiary alicyclic amines) is 1. The zero-order valence-corrected chi connectivity index (χ0v) is 13.8. The van der Waals surface area contributed by atoms with Gasteiger partial charge >= 0.3 is 0 Å². The van der Waals surface area contributed by atoms with E-state index in [2.05, 4.69) is 11.0 Å². The fraction of sp³-hybridized carbons (Fsp3) is 0.684. The van der Waals surface area contributed by atoms with Crippen molar-refractivity contribution in [1.29, 1.82) is 0 Å². The van der Waals surface area contributed by atoms with Gasteiger partial charge in [0.15, 0.2) is 11.5 Å². The van der Waals surface area contributed by atoms with E-state index in [0.29, 0.717) is 18.4 Å². The van der Waals surface area contributed by atoms with Crippen molar-refractivity contribution >= 4 is 0 Å². The summed E-state index contributed by atoms with van der Waals surface area (Å²) in [5, 5.41) is 10.3. The maximum atomic E-state index is 10.3. The molecule has 2 bridgehead atoms. The average molecular weight is 315 g/mol. The predicted molar refractivity (Wildman–Crippen MR) is 87.1 cm³/mol. The van der Waals surface area contributed by atoms with Crippen molar-refractivity contribution in [3.05, 3.63) is 23.3 Å². The number of ether oxygens (including phenoxy) is 2. The molecule has 2 heterocycles. The van der Waals surface area contributed by atoms with Crippen LogP contribution in [0.25, 0.3) is 0 Å². The number of phenolic OH excluding ortho intramolecular Hbond substituents is 1. The van der Waals surface area contributed by atoms with E-state index < -0.39 is 0 Å². The fourth-order valence-corrected chi connectivity index (χ4v) is 5.23. The first kappa shape index (κ1) is 14.1. The van der Waals surface area contributed by atoms with Gasteiger partial charge in [-0.2, -0.15) is 0 Å². The second-order valence-electron chi connectivity index (χ2n) is 7.92. The van der Waals surface area contributed by atoms with Crippen LogP contribution in [-0.2, 0) is 16.6 Å². The van der Waals surface area contributed by atoms with Gasteiger partial charge in [0, 0.05) is 30.7 Å². The molecular weight excluding hydrogens is 290 g/mol. The first-order chi connectivity index (χ1) is 11.2. The van der Waals surface area contributed by atoms with E-state index in [1.807, 2.05) is 6.07 Å². The third-order valence-corrected chi connectivity index (χ3v) is 6.52. The lowest BCUT2D eigenvalue weighted by Crippen LogP contribution is -2.57. The number of benzene rings is 1. The van der Waals surface area contributed by atoms with E-state index in [-0.39, 0.29) is 11.5 Å². The summed E-state index contributed by atoms with van der Waals surface area (Å²) in [6, 6.07) is 4.55. The third-order valence-electron chi connectivity index (χ3n) is 6.52. The summed E-state index contributed by atoms with van der Waals surface area (Å²) in [4.78, 5) is 2.72. The molecule has 2 aliphatic carbocycles. The number of hydrogen-bond acceptors (Lipinski definition) is 4. The topological polar surface area (TPSA) is 41.9 Å². The maximum Gasteiger partial charge on any atom is 0.165 e. The molecule has 1 aromatic carbocycles. The van der Waals surface area contributed by atoms with Gasteiger partial charge in [0.2, 0.25) is 0 Å². The molecule has 4 heteroatoms. The lowest BCUT2D eigenvalue weighted by atomic mass is 9.62. The molecule has 1 saturated heterocycles. The second-order valence-corrected chi connectivity index (χ2v) is 7.92. The molecule has 5 rings (SSSR count). The maximum absolute atomic E-state index is 10.3. The van der Waals surface area contributed by atoms with Gasteiger partial charge in [0.05, 0.1) is 6.61 Å². The predicted octanol–water partition coefficient (Wildman–Crippen LogP) is 2.47. The third kappa shape index (κ3) is 1.97. The Hall–Kier alpha value is -1.26. The Morgan fingerprint density at radius 2 is 2.26 bits per heavy atom. The van der Waals surface area contributed by atoms with E-state index in [4.69, 9.17) is 9.47 Å². The molecule has 124 valence electrons. The molecule has 4 nitrogen and oxygen atoms in total. The van der Waals surface area contributed by atoms with Crippen LogP contribution >= 0.6 is 0 Å². The lowest BCUT2D eigenvalue weighted by molar-refractivity contribution is -0.00531. The largest absolute Gasteiger partial charge is 0.504 e. The van der Waals surface area contributed by atoms with Gasteiger partial charge in [0.25, 0.3) is 0 Å². The van der Waals surface area contributed by atoms with Crippen LogP contribution in [0.4, 0.5) is 0 Å². The number of phenols is 1. The SMILES string of the molecule is COC[C@@H]1Oc2c(O)ccc3c2[C@@]12CCN(CC1CC1)C(C3)C2. The Kier molecular flexibility index (Phi) is 2.99. The van der Waals surface area contributed by atoms with Gasteiger partial charge in [0.1, 0.15) is 6.10 Å². The molecule has 1 aromatic rings. The molecule has 1 unspecified atom stereocenters. The quantitative estimate of drug-likeness (QED) is 0.927. The van der Waals surface area contributed by atoms with Crippen molar-refractivity contribution < 1.29 is 14.6 Å². The van der Waals surface area contributed by atoms with E-state index in [0.717, 1.165) is 37.5 Å². The number of piperidine rings is 1. The Morgan fingerprint density at radius 1 is 1.39 bits per heavy atom. The van der Waals surface area contributed by atoms with Crippen LogP contribution in [0.1, 0.15) is 36.8 Å². The van der Waals surface area contributed by atoms with Crippen LogP contribution in [0.2, 0.25) is 0 Å². The number of hydrogen-bond donors (Lipinski definition) is 1. The van der Waals surface area contributed by atoms with Crippen molar-refractivity contribution in [3.63, 3.8) is 0 Å². The van der Waals surface area contributed by atoms with Crippen LogP contribution in [0, 0.1) is 5.92 Å². The van der Waals surface area contributed by atoms with Gasteiger partial charge in [-0.1, -0.05) is 6.07 Å². The van der Waals surface area contributed by atoms with E-state index >= 15 is 0 Å². The van der Waals surface area contributed by atoms with Gasteiger partial charge in [-0.3, -0.25) is 4.90 Å². The first-order valence-electron chi connectivity index (χ1n) is 8.96. The molecule has 0 amide bonds. The molecule has 4 aliphatic rings. The highest BCUT2D eigenvalue weighted by molar-refractivity contribution is 5.59. The number of methoxy groups -OCH3 is 1. The average Bonchev–Trinajstić information content (AvgIpc) is 3.31. The van der Waals surface area contributed by atoms with Gasteiger partial charge in [-0.15, -0.1) is 0 Å². The number of aromatic hydroxyl groups is 1. The van der Waals surface area contributed by atoms with Crippen molar-refractivity contribution in [1.82, 2.24) is 4.90 Å². The van der Waals surface area contributed by atoms with Crippen molar-refractivity contribution in [3.8, 4) is 11.5 Å². The highest BCUT2D eigenvalue weighted by atomic mass is 16.5. The van der Waals surface area contributed by atoms with Gasteiger partial charge < -0.3 is 14.6 Å². The summed E-state index contributed by atoms with van der Waals surface area (Å²) in [6.07, 6.45) is 6.24. The number of rotatable bonds is 4. The summed E-state index contributed by atoms with van der Waals surface area (Å²) < 4.78 is 11.7. The summed E-state index contributed by atoms with van der Waals surface area (Å²) >= 11 is 0. The zero-order chi connectivity index (χ0) is 15.6. The minimum Gasteiger partial charge on any atom is -0.504 e. The molecular formula is C19H25NO3. The summed E-state index contributed by atoms with van der Waals surface area (Å²) in [5.41, 5.74) is 2.72. The summed E-state index contributed by atoms with van der Waals surface area (Å²) in [5.74, 6) is 1.97. The highest BCUT2D eigenvalue weighted by Crippen LogP contribution is 2.58. The molecule has 0 aromatic heterocycles. The normalized spacial score (nSPS) is 35.0. The molecule has 2 fully saturated rings. The number of fused-ring (bicyclic) bond motifs is 1. The Labute approximate surface area is 137 Å². The smallest absolute Gasteiger partial charge is 0.165 e. The molecule has 1 spiro atoms. The van der Waals surface area contributed by atoms with Crippen LogP contribution < -0.4 is 4.74 Å². The molecule has 2 aliphatic heterocycles. The lowest BCUT2D eigenvalue weighted by Gasteiger charge is -2.50. The zero-order valence-electron chi connectivity index (χ0n) is 13.8. The standard InChI is InChI=1S/C19H25NO3/c1-22-11-16-19-6-7-20(10-12-2-3-12)14(9-19)8-13-4-5-15(21)18(23-16)17(13)19/h4-5,12,14,16,21H,2-3,6-11H2,1H3/t14?,16-,19+/m0/s1. The Morgan fingerprint density at radius 3 is 3.04 bits per heavy atom. The minimum absolute atomic E-state index is 0.0421. The monoisotopic (exact) mass is 315 g/mol. The second kappa shape index (κ2) is 4.87. The molecule has 0 radical (unpaired) electrons. The van der Waals surface area contributed by atoms with Crippen LogP contribution in [0.3, 0.4) is 0 Å². The van der Waals surface area contributed by atoms with Crippen LogP contribution in [0.15, 0.2) is 12.1 Å². The molecule has 23 heavy (non-hydrogen) atoms. The molecule has 1 N–H and O–H groups in total. The number of nitrogens with zero attached hydrogens (tertiary/aromatic N) is 1. The van der Waals surface area contributed by atoms with E-state index in [1.54, 1.807) is 7.11 Å². The highest BCUT2D eigenvalue weighted by Gasteiger charge is 2.57. The Bertz CT molecular complexity index is 642. The molecule has 1 saturated carbocycles. The van der Waals surface area contributed by atoms with Crippen LogP contribution in [-0.4, -0.2) is 49.0 Å². The summed E-state index contributed by atoms with van der Waals surface area (Å²) in [7, 11) is 1.74. The molecule has 3 atom stereocenters. The van der Waals surface area contributed by atoms with Gasteiger partial charge in [-0.25, -0.2) is 0 Å².